The molecule has 0 aliphatic carbocycles. The Hall–Kier alpha value is -3.49. The predicted molar refractivity (Wildman–Crippen MR) is 121 cm³/mol. The zero-order chi connectivity index (χ0) is 23.0. The smallest absolute Gasteiger partial charge is 0.331 e. The molecule has 0 saturated heterocycles. The van der Waals surface area contributed by atoms with Crippen molar-refractivity contribution < 1.29 is 19.1 Å². The van der Waals surface area contributed by atoms with E-state index >= 15 is 0 Å². The summed E-state index contributed by atoms with van der Waals surface area (Å²) in [6, 6.07) is 12.5. The summed E-state index contributed by atoms with van der Waals surface area (Å²) in [4.78, 5) is 37.4. The molecule has 4 rings (SSSR count). The number of rotatable bonds is 5. The largest absolute Gasteiger partial charge is 0.479 e. The molecule has 1 amide bonds. The summed E-state index contributed by atoms with van der Waals surface area (Å²) < 4.78 is 15.7. The molecule has 2 N–H and O–H groups in total. The maximum Gasteiger partial charge on any atom is 0.331 e. The Bertz CT molecular complexity index is 1410. The number of aromatic nitrogens is 1. The minimum Gasteiger partial charge on any atom is -0.479 e. The first-order chi connectivity index (χ1) is 15.2. The van der Waals surface area contributed by atoms with Crippen LogP contribution < -0.4 is 10.9 Å². The van der Waals surface area contributed by atoms with Gasteiger partial charge in [-0.2, -0.15) is 0 Å². The Morgan fingerprint density at radius 3 is 2.47 bits per heavy atom. The number of aliphatic carboxylic acids is 1. The quantitative estimate of drug-likeness (QED) is 0.442. The summed E-state index contributed by atoms with van der Waals surface area (Å²) in [5.74, 6) is -2.25. The van der Waals surface area contributed by atoms with Crippen LogP contribution in [0.2, 0.25) is 4.34 Å². The number of hydrogen-bond donors (Lipinski definition) is 2. The molecular weight excluding hydrogens is 455 g/mol. The summed E-state index contributed by atoms with van der Waals surface area (Å²) in [5.41, 5.74) is 0.765. The lowest BCUT2D eigenvalue weighted by Gasteiger charge is -2.13. The summed E-state index contributed by atoms with van der Waals surface area (Å²) in [5, 5.41) is 12.8. The van der Waals surface area contributed by atoms with E-state index in [1.165, 1.54) is 22.8 Å². The van der Waals surface area contributed by atoms with E-state index in [1.807, 2.05) is 0 Å². The Labute approximate surface area is 190 Å². The van der Waals surface area contributed by atoms with Crippen molar-refractivity contribution in [2.45, 2.75) is 13.0 Å². The number of benzene rings is 2. The van der Waals surface area contributed by atoms with E-state index in [9.17, 15) is 23.9 Å². The second kappa shape index (κ2) is 8.57. The molecule has 9 heteroatoms. The Morgan fingerprint density at radius 1 is 1.12 bits per heavy atom. The molecule has 0 bridgehead atoms. The van der Waals surface area contributed by atoms with Gasteiger partial charge >= 0.3 is 5.97 Å². The minimum absolute atomic E-state index is 0.221. The molecule has 0 aliphatic rings. The van der Waals surface area contributed by atoms with Gasteiger partial charge in [-0.3, -0.25) is 14.2 Å². The number of amides is 1. The van der Waals surface area contributed by atoms with Crippen LogP contribution in [0.3, 0.4) is 0 Å². The number of halogens is 2. The van der Waals surface area contributed by atoms with E-state index < -0.39 is 23.7 Å². The predicted octanol–water partition coefficient (Wildman–Crippen LogP) is 4.71. The number of aryl methyl sites for hydroxylation is 1. The molecule has 2 heterocycles. The van der Waals surface area contributed by atoms with Crippen molar-refractivity contribution >= 4 is 45.6 Å². The SMILES string of the molecule is Cc1cc2ccn(-c3ccc(C(=O)NC(C(=O)O)c4ccc(Cl)s4)cc3)c(=O)c2cc1F. The highest BCUT2D eigenvalue weighted by Crippen LogP contribution is 2.27. The van der Waals surface area contributed by atoms with Gasteiger partial charge in [-0.25, -0.2) is 9.18 Å². The molecule has 4 aromatic rings. The molecule has 2 aromatic heterocycles. The van der Waals surface area contributed by atoms with E-state index in [4.69, 9.17) is 11.6 Å². The second-order valence-corrected chi connectivity index (χ2v) is 8.86. The number of hydrogen-bond acceptors (Lipinski definition) is 4. The van der Waals surface area contributed by atoms with E-state index in [2.05, 4.69) is 5.32 Å². The first-order valence-corrected chi connectivity index (χ1v) is 10.6. The third-order valence-electron chi connectivity index (χ3n) is 4.99. The van der Waals surface area contributed by atoms with Crippen LogP contribution in [-0.2, 0) is 4.79 Å². The summed E-state index contributed by atoms with van der Waals surface area (Å²) in [7, 11) is 0. The van der Waals surface area contributed by atoms with Crippen LogP contribution in [0.15, 0.2) is 65.6 Å². The first-order valence-electron chi connectivity index (χ1n) is 9.45. The summed E-state index contributed by atoms with van der Waals surface area (Å²) in [6.07, 6.45) is 1.58. The highest BCUT2D eigenvalue weighted by molar-refractivity contribution is 7.16. The van der Waals surface area contributed by atoms with Gasteiger partial charge in [-0.1, -0.05) is 11.6 Å². The average molecular weight is 471 g/mol. The van der Waals surface area contributed by atoms with Crippen LogP contribution in [0.1, 0.15) is 26.8 Å². The number of fused-ring (bicyclic) bond motifs is 1. The zero-order valence-corrected chi connectivity index (χ0v) is 18.2. The van der Waals surface area contributed by atoms with E-state index in [0.29, 0.717) is 25.9 Å². The van der Waals surface area contributed by atoms with Crippen molar-refractivity contribution in [3.8, 4) is 5.69 Å². The Kier molecular flexibility index (Phi) is 5.82. The lowest BCUT2D eigenvalue weighted by molar-refractivity contribution is -0.139. The third kappa shape index (κ3) is 4.15. The van der Waals surface area contributed by atoms with Crippen LogP contribution in [0.4, 0.5) is 4.39 Å². The number of carboxylic acid groups (broad SMARTS) is 1. The fourth-order valence-electron chi connectivity index (χ4n) is 3.31. The number of nitrogens with zero attached hydrogens (tertiary/aromatic N) is 1. The number of thiophene rings is 1. The first kappa shape index (κ1) is 21.7. The van der Waals surface area contributed by atoms with Crippen molar-refractivity contribution in [3.63, 3.8) is 0 Å². The van der Waals surface area contributed by atoms with Gasteiger partial charge in [0.25, 0.3) is 11.5 Å². The number of carboxylic acids is 1. The van der Waals surface area contributed by atoms with Gasteiger partial charge in [-0.05, 0) is 72.5 Å². The van der Waals surface area contributed by atoms with Crippen LogP contribution in [0.5, 0.6) is 0 Å². The zero-order valence-electron chi connectivity index (χ0n) is 16.6. The summed E-state index contributed by atoms with van der Waals surface area (Å²) >= 11 is 6.94. The molecule has 1 atom stereocenters. The standard InChI is InChI=1S/C23H16ClFN2O4S/c1-12-10-14-8-9-27(22(29)16(14)11-17(12)25)15-4-2-13(3-5-15)21(28)26-20(23(30)31)18-6-7-19(24)32-18/h2-11,20H,1H3,(H,26,28)(H,30,31). The molecule has 0 aliphatic heterocycles. The number of carbonyl (C=O) groups excluding carboxylic acids is 1. The van der Waals surface area contributed by atoms with Gasteiger partial charge in [0, 0.05) is 22.3 Å². The lowest BCUT2D eigenvalue weighted by atomic mass is 10.1. The summed E-state index contributed by atoms with van der Waals surface area (Å²) in [6.45, 7) is 1.63. The highest BCUT2D eigenvalue weighted by Gasteiger charge is 2.24. The maximum atomic E-state index is 13.9. The van der Waals surface area contributed by atoms with Crippen LogP contribution in [0.25, 0.3) is 16.5 Å². The third-order valence-corrected chi connectivity index (χ3v) is 6.29. The maximum absolute atomic E-state index is 13.9. The normalized spacial score (nSPS) is 12.0. The Morgan fingerprint density at radius 2 is 1.84 bits per heavy atom. The number of nitrogens with one attached hydrogen (secondary N) is 1. The molecule has 0 saturated carbocycles. The molecule has 32 heavy (non-hydrogen) atoms. The fourth-order valence-corrected chi connectivity index (χ4v) is 4.41. The van der Waals surface area contributed by atoms with Gasteiger partial charge in [0.05, 0.1) is 9.72 Å². The highest BCUT2D eigenvalue weighted by atomic mass is 35.5. The topological polar surface area (TPSA) is 88.4 Å². The lowest BCUT2D eigenvalue weighted by Crippen LogP contribution is -2.33. The molecular formula is C23H16ClFN2O4S. The molecule has 1 unspecified atom stereocenters. The Balaban J connectivity index is 1.61. The molecule has 2 aromatic carbocycles. The second-order valence-electron chi connectivity index (χ2n) is 7.11. The molecule has 6 nitrogen and oxygen atoms in total. The molecule has 0 fully saturated rings. The fraction of sp³-hybridized carbons (Fsp3) is 0.0870. The monoisotopic (exact) mass is 470 g/mol. The van der Waals surface area contributed by atoms with Gasteiger partial charge in [-0.15, -0.1) is 11.3 Å². The van der Waals surface area contributed by atoms with Gasteiger partial charge in [0.15, 0.2) is 6.04 Å². The average Bonchev–Trinajstić information content (AvgIpc) is 3.19. The van der Waals surface area contributed by atoms with Gasteiger partial charge < -0.3 is 10.4 Å². The van der Waals surface area contributed by atoms with Crippen LogP contribution >= 0.6 is 22.9 Å². The molecule has 0 spiro atoms. The van der Waals surface area contributed by atoms with E-state index in [1.54, 1.807) is 49.5 Å². The van der Waals surface area contributed by atoms with E-state index in [-0.39, 0.29) is 16.5 Å². The molecule has 0 radical (unpaired) electrons. The van der Waals surface area contributed by atoms with Crippen LogP contribution in [-0.4, -0.2) is 21.6 Å². The van der Waals surface area contributed by atoms with Crippen molar-refractivity contribution in [2.24, 2.45) is 0 Å². The van der Waals surface area contributed by atoms with Gasteiger partial charge in [0.1, 0.15) is 5.82 Å². The van der Waals surface area contributed by atoms with Crippen molar-refractivity contribution in [1.29, 1.82) is 0 Å². The van der Waals surface area contributed by atoms with Crippen LogP contribution in [0, 0.1) is 12.7 Å². The van der Waals surface area contributed by atoms with E-state index in [0.717, 1.165) is 11.3 Å². The number of carbonyl (C=O) groups is 2. The minimum atomic E-state index is -1.24. The molecule has 162 valence electrons. The number of pyridine rings is 1. The van der Waals surface area contributed by atoms with Gasteiger partial charge in [0.2, 0.25) is 0 Å². The van der Waals surface area contributed by atoms with Crippen molar-refractivity contribution in [1.82, 2.24) is 9.88 Å². The van der Waals surface area contributed by atoms with Crippen molar-refractivity contribution in [3.05, 3.63) is 97.3 Å². The van der Waals surface area contributed by atoms with Crippen molar-refractivity contribution in [2.75, 3.05) is 0 Å².